The molecule has 0 spiro atoms. The number of anilines is 1. The average molecular weight is 548 g/mol. The quantitative estimate of drug-likeness (QED) is 0.260. The second-order valence-corrected chi connectivity index (χ2v) is 9.61. The van der Waals surface area contributed by atoms with Crippen LogP contribution in [-0.2, 0) is 11.4 Å². The number of rotatable bonds is 6. The lowest BCUT2D eigenvalue weighted by molar-refractivity contribution is -0.113. The summed E-state index contributed by atoms with van der Waals surface area (Å²) in [6.07, 6.45) is 5.23. The maximum atomic E-state index is 13.0. The number of amides is 1. The van der Waals surface area contributed by atoms with E-state index in [4.69, 9.17) is 33.3 Å². The van der Waals surface area contributed by atoms with Crippen molar-refractivity contribution in [2.45, 2.75) is 6.61 Å². The maximum Gasteiger partial charge on any atom is 0.270 e. The van der Waals surface area contributed by atoms with Crippen LogP contribution in [0.5, 0.6) is 11.5 Å². The Morgan fingerprint density at radius 2 is 1.94 bits per heavy atom. The Morgan fingerprint density at radius 1 is 1.16 bits per heavy atom. The van der Waals surface area contributed by atoms with Gasteiger partial charge in [-0.1, -0.05) is 41.6 Å². The van der Waals surface area contributed by atoms with Crippen molar-refractivity contribution in [3.63, 3.8) is 0 Å². The number of benzene rings is 2. The van der Waals surface area contributed by atoms with Crippen LogP contribution in [0.25, 0.3) is 6.08 Å². The predicted octanol–water partition coefficient (Wildman–Crippen LogP) is 6.49. The summed E-state index contributed by atoms with van der Waals surface area (Å²) < 4.78 is 12.6. The number of ether oxygens (including phenoxy) is 2. The molecule has 5 nitrogen and oxygen atoms in total. The zero-order valence-corrected chi connectivity index (χ0v) is 20.7. The molecule has 0 atom stereocenters. The van der Waals surface area contributed by atoms with E-state index < -0.39 is 0 Å². The summed E-state index contributed by atoms with van der Waals surface area (Å²) >= 11 is 16.2. The molecule has 0 aliphatic carbocycles. The molecule has 2 aromatic carbocycles. The summed E-state index contributed by atoms with van der Waals surface area (Å²) in [5, 5.41) is 0.507. The van der Waals surface area contributed by atoms with Crippen LogP contribution in [-0.4, -0.2) is 22.3 Å². The zero-order valence-electron chi connectivity index (χ0n) is 16.7. The number of thiocarbonyl (C=S) groups is 1. The van der Waals surface area contributed by atoms with Crippen molar-refractivity contribution in [3.8, 4) is 11.5 Å². The van der Waals surface area contributed by atoms with Crippen LogP contribution in [0.4, 0.5) is 5.69 Å². The van der Waals surface area contributed by atoms with Crippen LogP contribution < -0.4 is 14.4 Å². The van der Waals surface area contributed by atoms with Crippen molar-refractivity contribution >= 4 is 73.5 Å². The summed E-state index contributed by atoms with van der Waals surface area (Å²) in [5.74, 6) is 0.983. The van der Waals surface area contributed by atoms with Crippen LogP contribution in [0.3, 0.4) is 0 Å². The highest BCUT2D eigenvalue weighted by Crippen LogP contribution is 2.39. The van der Waals surface area contributed by atoms with E-state index in [1.165, 1.54) is 16.7 Å². The molecule has 0 radical (unpaired) electrons. The van der Waals surface area contributed by atoms with E-state index >= 15 is 0 Å². The van der Waals surface area contributed by atoms with Gasteiger partial charge in [-0.05, 0) is 75.6 Å². The van der Waals surface area contributed by atoms with E-state index in [2.05, 4.69) is 20.9 Å². The lowest BCUT2D eigenvalue weighted by Crippen LogP contribution is -2.27. The first-order chi connectivity index (χ1) is 15.5. The van der Waals surface area contributed by atoms with Crippen molar-refractivity contribution in [1.29, 1.82) is 0 Å². The van der Waals surface area contributed by atoms with Crippen molar-refractivity contribution in [3.05, 3.63) is 86.5 Å². The van der Waals surface area contributed by atoms with E-state index in [0.29, 0.717) is 38.0 Å². The highest BCUT2D eigenvalue weighted by atomic mass is 79.9. The number of pyridine rings is 1. The van der Waals surface area contributed by atoms with Gasteiger partial charge in [0.2, 0.25) is 0 Å². The minimum atomic E-state index is -0.199. The molecule has 1 amide bonds. The predicted molar refractivity (Wildman–Crippen MR) is 136 cm³/mol. The van der Waals surface area contributed by atoms with E-state index in [-0.39, 0.29) is 5.91 Å². The Bertz CT molecular complexity index is 1220. The van der Waals surface area contributed by atoms with Gasteiger partial charge in [-0.3, -0.25) is 14.7 Å². The molecule has 1 aliphatic heterocycles. The highest BCUT2D eigenvalue weighted by molar-refractivity contribution is 9.10. The first kappa shape index (κ1) is 22.8. The summed E-state index contributed by atoms with van der Waals surface area (Å²) in [4.78, 5) is 19.0. The standard InChI is InChI=1S/C23H16BrClN2O3S2/c1-29-20-10-15(2-5-19(20)30-13-14-6-8-26-9-7-14)11-21-22(28)27(23(31)32-21)16-3-4-17(24)18(25)12-16/h2-12H,13H2,1H3. The summed E-state index contributed by atoms with van der Waals surface area (Å²) in [5.41, 5.74) is 2.43. The Labute approximate surface area is 208 Å². The van der Waals surface area contributed by atoms with Gasteiger partial charge in [-0.2, -0.15) is 0 Å². The number of nitrogens with zero attached hydrogens (tertiary/aromatic N) is 2. The van der Waals surface area contributed by atoms with Crippen molar-refractivity contribution in [1.82, 2.24) is 4.98 Å². The molecule has 32 heavy (non-hydrogen) atoms. The summed E-state index contributed by atoms with van der Waals surface area (Å²) in [6, 6.07) is 14.6. The second kappa shape index (κ2) is 10.0. The van der Waals surface area contributed by atoms with E-state index in [1.807, 2.05) is 30.3 Å². The van der Waals surface area contributed by atoms with Gasteiger partial charge in [0.1, 0.15) is 6.61 Å². The summed E-state index contributed by atoms with van der Waals surface area (Å²) in [6.45, 7) is 0.395. The molecular weight excluding hydrogens is 532 g/mol. The van der Waals surface area contributed by atoms with Gasteiger partial charge in [-0.15, -0.1) is 0 Å². The Kier molecular flexibility index (Phi) is 7.15. The molecule has 0 saturated carbocycles. The van der Waals surface area contributed by atoms with Gasteiger partial charge in [0, 0.05) is 16.9 Å². The molecule has 0 unspecified atom stereocenters. The SMILES string of the molecule is COc1cc(C=C2SC(=S)N(c3ccc(Br)c(Cl)c3)C2=O)ccc1OCc1ccncc1. The van der Waals surface area contributed by atoms with E-state index in [9.17, 15) is 4.79 Å². The zero-order chi connectivity index (χ0) is 22.7. The van der Waals surface area contributed by atoms with Gasteiger partial charge < -0.3 is 9.47 Å². The third kappa shape index (κ3) is 4.99. The molecule has 3 aromatic rings. The van der Waals surface area contributed by atoms with E-state index in [0.717, 1.165) is 15.6 Å². The third-order valence-electron chi connectivity index (χ3n) is 4.58. The number of methoxy groups -OCH3 is 1. The Morgan fingerprint density at radius 3 is 2.66 bits per heavy atom. The maximum absolute atomic E-state index is 13.0. The van der Waals surface area contributed by atoms with Crippen LogP contribution >= 0.6 is 51.5 Å². The molecule has 1 fully saturated rings. The van der Waals surface area contributed by atoms with Gasteiger partial charge in [0.15, 0.2) is 15.8 Å². The third-order valence-corrected chi connectivity index (χ3v) is 7.12. The first-order valence-corrected chi connectivity index (χ1v) is 11.8. The van der Waals surface area contributed by atoms with E-state index in [1.54, 1.807) is 43.8 Å². The first-order valence-electron chi connectivity index (χ1n) is 9.39. The summed E-state index contributed by atoms with van der Waals surface area (Å²) in [7, 11) is 1.58. The number of halogens is 2. The minimum absolute atomic E-state index is 0.199. The van der Waals surface area contributed by atoms with Crippen molar-refractivity contribution in [2.24, 2.45) is 0 Å². The molecule has 1 aromatic heterocycles. The molecule has 2 heterocycles. The largest absolute Gasteiger partial charge is 0.493 e. The van der Waals surface area contributed by atoms with Crippen LogP contribution in [0.15, 0.2) is 70.3 Å². The molecule has 0 N–H and O–H groups in total. The fourth-order valence-corrected chi connectivity index (χ4v) is 4.72. The van der Waals surface area contributed by atoms with Gasteiger partial charge in [-0.25, -0.2) is 0 Å². The Hall–Kier alpha value is -2.39. The lowest BCUT2D eigenvalue weighted by Gasteiger charge is -2.15. The molecule has 9 heteroatoms. The molecule has 4 rings (SSSR count). The lowest BCUT2D eigenvalue weighted by atomic mass is 10.1. The molecule has 1 saturated heterocycles. The second-order valence-electron chi connectivity index (χ2n) is 6.67. The fraction of sp³-hybridized carbons (Fsp3) is 0.0870. The topological polar surface area (TPSA) is 51.7 Å². The Balaban J connectivity index is 1.54. The molecule has 0 bridgehead atoms. The van der Waals surface area contributed by atoms with Crippen LogP contribution in [0, 0.1) is 0 Å². The fourth-order valence-electron chi connectivity index (χ4n) is 3.00. The molecular formula is C23H16BrClN2O3S2. The normalized spacial score (nSPS) is 14.8. The number of aromatic nitrogens is 1. The number of carbonyl (C=O) groups excluding carboxylic acids is 1. The number of hydrogen-bond donors (Lipinski definition) is 0. The average Bonchev–Trinajstić information content (AvgIpc) is 3.08. The van der Waals surface area contributed by atoms with Crippen molar-refractivity contribution < 1.29 is 14.3 Å². The van der Waals surface area contributed by atoms with Gasteiger partial charge >= 0.3 is 0 Å². The van der Waals surface area contributed by atoms with Crippen molar-refractivity contribution in [2.75, 3.05) is 12.0 Å². The van der Waals surface area contributed by atoms with Crippen LogP contribution in [0.1, 0.15) is 11.1 Å². The number of hydrogen-bond acceptors (Lipinski definition) is 6. The number of carbonyl (C=O) groups is 1. The van der Waals surface area contributed by atoms with Crippen LogP contribution in [0.2, 0.25) is 5.02 Å². The van der Waals surface area contributed by atoms with Gasteiger partial charge in [0.05, 0.1) is 22.7 Å². The minimum Gasteiger partial charge on any atom is -0.493 e. The van der Waals surface area contributed by atoms with Gasteiger partial charge in [0.25, 0.3) is 5.91 Å². The number of thioether (sulfide) groups is 1. The molecule has 162 valence electrons. The molecule has 1 aliphatic rings. The monoisotopic (exact) mass is 546 g/mol. The highest BCUT2D eigenvalue weighted by Gasteiger charge is 2.33. The smallest absolute Gasteiger partial charge is 0.270 e.